The molecule has 6 nitrogen and oxygen atoms in total. The SMILES string of the molecule is Nc1ncc2c(n1)CN(C(=O)c1c(F)ccc(O)c1F)CC2. The van der Waals surface area contributed by atoms with Crippen LogP contribution in [-0.4, -0.2) is 32.4 Å². The molecule has 0 fully saturated rings. The molecule has 1 aromatic carbocycles. The third kappa shape index (κ3) is 2.32. The molecule has 8 heteroatoms. The average molecular weight is 306 g/mol. The standard InChI is InChI=1S/C14H12F2N4O2/c15-8-1-2-10(21)12(16)11(8)13(22)20-4-3-7-5-18-14(17)19-9(7)6-20/h1-2,5,21H,3-4,6H2,(H2,17,18,19). The lowest BCUT2D eigenvalue weighted by Gasteiger charge is -2.28. The van der Waals surface area contributed by atoms with E-state index in [4.69, 9.17) is 5.73 Å². The summed E-state index contributed by atoms with van der Waals surface area (Å²) in [5, 5.41) is 9.32. The van der Waals surface area contributed by atoms with E-state index >= 15 is 0 Å². The number of aromatic nitrogens is 2. The molecule has 1 amide bonds. The highest BCUT2D eigenvalue weighted by Gasteiger charge is 2.28. The number of rotatable bonds is 1. The van der Waals surface area contributed by atoms with Crippen LogP contribution in [0.15, 0.2) is 18.3 Å². The second kappa shape index (κ2) is 5.21. The van der Waals surface area contributed by atoms with Gasteiger partial charge in [0.05, 0.1) is 12.2 Å². The maximum Gasteiger partial charge on any atom is 0.260 e. The molecule has 0 saturated heterocycles. The summed E-state index contributed by atoms with van der Waals surface area (Å²) < 4.78 is 27.6. The minimum Gasteiger partial charge on any atom is -0.505 e. The van der Waals surface area contributed by atoms with Gasteiger partial charge in [0, 0.05) is 12.7 Å². The third-order valence-electron chi connectivity index (χ3n) is 3.54. The van der Waals surface area contributed by atoms with Crippen LogP contribution in [0.3, 0.4) is 0 Å². The van der Waals surface area contributed by atoms with Gasteiger partial charge >= 0.3 is 0 Å². The molecule has 2 heterocycles. The molecular weight excluding hydrogens is 294 g/mol. The molecule has 0 aliphatic carbocycles. The number of hydrogen-bond acceptors (Lipinski definition) is 5. The Morgan fingerprint density at radius 3 is 2.91 bits per heavy atom. The normalized spacial score (nSPS) is 13.8. The monoisotopic (exact) mass is 306 g/mol. The zero-order chi connectivity index (χ0) is 15.9. The number of nitrogens with zero attached hydrogens (tertiary/aromatic N) is 3. The zero-order valence-corrected chi connectivity index (χ0v) is 11.4. The van der Waals surface area contributed by atoms with Crippen molar-refractivity contribution in [2.75, 3.05) is 12.3 Å². The van der Waals surface area contributed by atoms with Crippen LogP contribution in [0, 0.1) is 11.6 Å². The summed E-state index contributed by atoms with van der Waals surface area (Å²) >= 11 is 0. The van der Waals surface area contributed by atoms with E-state index in [9.17, 15) is 18.7 Å². The summed E-state index contributed by atoms with van der Waals surface area (Å²) in [5.74, 6) is -3.82. The van der Waals surface area contributed by atoms with Crippen LogP contribution >= 0.6 is 0 Å². The summed E-state index contributed by atoms with van der Waals surface area (Å²) in [6.45, 7) is 0.350. The van der Waals surface area contributed by atoms with E-state index in [-0.39, 0.29) is 19.0 Å². The van der Waals surface area contributed by atoms with Crippen molar-refractivity contribution >= 4 is 11.9 Å². The van der Waals surface area contributed by atoms with E-state index in [2.05, 4.69) is 9.97 Å². The van der Waals surface area contributed by atoms with Crippen molar-refractivity contribution in [2.24, 2.45) is 0 Å². The van der Waals surface area contributed by atoms with Crippen LogP contribution in [0.1, 0.15) is 21.6 Å². The summed E-state index contributed by atoms with van der Waals surface area (Å²) in [5.41, 5.74) is 6.12. The minimum atomic E-state index is -1.27. The van der Waals surface area contributed by atoms with Crippen LogP contribution in [-0.2, 0) is 13.0 Å². The average Bonchev–Trinajstić information content (AvgIpc) is 2.50. The summed E-state index contributed by atoms with van der Waals surface area (Å²) in [6.07, 6.45) is 2.04. The molecule has 114 valence electrons. The number of carbonyl (C=O) groups is 1. The fourth-order valence-electron chi connectivity index (χ4n) is 2.39. The molecule has 1 aliphatic heterocycles. The fourth-order valence-corrected chi connectivity index (χ4v) is 2.39. The van der Waals surface area contributed by atoms with Gasteiger partial charge in [0.1, 0.15) is 11.4 Å². The van der Waals surface area contributed by atoms with Gasteiger partial charge in [0.25, 0.3) is 5.91 Å². The van der Waals surface area contributed by atoms with E-state index in [1.807, 2.05) is 0 Å². The molecule has 0 atom stereocenters. The van der Waals surface area contributed by atoms with Crippen molar-refractivity contribution in [2.45, 2.75) is 13.0 Å². The van der Waals surface area contributed by atoms with Crippen LogP contribution in [0.25, 0.3) is 0 Å². The maximum absolute atomic E-state index is 13.8. The van der Waals surface area contributed by atoms with Crippen LogP contribution in [0.5, 0.6) is 5.75 Å². The number of hydrogen-bond donors (Lipinski definition) is 2. The number of phenolic OH excluding ortho intramolecular Hbond substituents is 1. The molecule has 0 saturated carbocycles. The molecule has 3 N–H and O–H groups in total. The maximum atomic E-state index is 13.8. The first-order chi connectivity index (χ1) is 10.5. The molecule has 2 aromatic rings. The second-order valence-corrected chi connectivity index (χ2v) is 4.93. The highest BCUT2D eigenvalue weighted by atomic mass is 19.1. The molecule has 1 aromatic heterocycles. The Morgan fingerprint density at radius 2 is 2.14 bits per heavy atom. The first-order valence-corrected chi connectivity index (χ1v) is 6.54. The van der Waals surface area contributed by atoms with Crippen LogP contribution in [0.4, 0.5) is 14.7 Å². The molecule has 0 unspecified atom stereocenters. The van der Waals surface area contributed by atoms with Crippen molar-refractivity contribution in [3.8, 4) is 5.75 Å². The van der Waals surface area contributed by atoms with E-state index < -0.39 is 28.9 Å². The predicted molar refractivity (Wildman–Crippen MR) is 72.9 cm³/mol. The van der Waals surface area contributed by atoms with E-state index in [0.29, 0.717) is 12.1 Å². The molecule has 22 heavy (non-hydrogen) atoms. The lowest BCUT2D eigenvalue weighted by molar-refractivity contribution is 0.0720. The van der Waals surface area contributed by atoms with Gasteiger partial charge in [-0.25, -0.2) is 18.7 Å². The number of phenols is 1. The van der Waals surface area contributed by atoms with Gasteiger partial charge in [-0.2, -0.15) is 0 Å². The summed E-state index contributed by atoms with van der Waals surface area (Å²) in [7, 11) is 0. The van der Waals surface area contributed by atoms with Gasteiger partial charge in [0.15, 0.2) is 11.6 Å². The summed E-state index contributed by atoms with van der Waals surface area (Å²) in [4.78, 5) is 21.5. The van der Waals surface area contributed by atoms with Gasteiger partial charge in [0.2, 0.25) is 5.95 Å². The number of nitrogen functional groups attached to an aromatic ring is 1. The predicted octanol–water partition coefficient (Wildman–Crippen LogP) is 1.24. The topological polar surface area (TPSA) is 92.3 Å². The van der Waals surface area contributed by atoms with Crippen molar-refractivity contribution < 1.29 is 18.7 Å². The molecule has 0 spiro atoms. The first-order valence-electron chi connectivity index (χ1n) is 6.54. The molecule has 3 rings (SSSR count). The highest BCUT2D eigenvalue weighted by Crippen LogP contribution is 2.25. The van der Waals surface area contributed by atoms with E-state index in [0.717, 1.165) is 17.7 Å². The summed E-state index contributed by atoms with van der Waals surface area (Å²) in [6, 6.07) is 1.71. The first kappa shape index (κ1) is 14.2. The van der Waals surface area contributed by atoms with Crippen molar-refractivity contribution in [3.05, 3.63) is 46.8 Å². The lowest BCUT2D eigenvalue weighted by Crippen LogP contribution is -2.37. The Balaban J connectivity index is 1.93. The number of amides is 1. The highest BCUT2D eigenvalue weighted by molar-refractivity contribution is 5.95. The van der Waals surface area contributed by atoms with E-state index in [1.165, 1.54) is 4.90 Å². The fraction of sp³-hybridized carbons (Fsp3) is 0.214. The number of benzene rings is 1. The lowest BCUT2D eigenvalue weighted by atomic mass is 10.1. The number of nitrogens with two attached hydrogens (primary N) is 1. The zero-order valence-electron chi connectivity index (χ0n) is 11.4. The molecule has 0 radical (unpaired) electrons. The number of fused-ring (bicyclic) bond motifs is 1. The third-order valence-corrected chi connectivity index (χ3v) is 3.54. The Kier molecular flexibility index (Phi) is 3.36. The van der Waals surface area contributed by atoms with Crippen molar-refractivity contribution in [1.82, 2.24) is 14.9 Å². The second-order valence-electron chi connectivity index (χ2n) is 4.93. The number of aromatic hydroxyl groups is 1. The number of carbonyl (C=O) groups excluding carboxylic acids is 1. The Labute approximate surface area is 124 Å². The van der Waals surface area contributed by atoms with E-state index in [1.54, 1.807) is 6.20 Å². The molecular formula is C14H12F2N4O2. The minimum absolute atomic E-state index is 0.0720. The Hall–Kier alpha value is -2.77. The smallest absolute Gasteiger partial charge is 0.260 e. The van der Waals surface area contributed by atoms with Gasteiger partial charge < -0.3 is 15.7 Å². The molecule has 0 bridgehead atoms. The Morgan fingerprint density at radius 1 is 1.36 bits per heavy atom. The van der Waals surface area contributed by atoms with Gasteiger partial charge in [-0.1, -0.05) is 0 Å². The largest absolute Gasteiger partial charge is 0.505 e. The van der Waals surface area contributed by atoms with Crippen LogP contribution < -0.4 is 5.73 Å². The number of halogens is 2. The van der Waals surface area contributed by atoms with Gasteiger partial charge in [-0.15, -0.1) is 0 Å². The van der Waals surface area contributed by atoms with Gasteiger partial charge in [-0.3, -0.25) is 4.79 Å². The molecule has 1 aliphatic rings. The van der Waals surface area contributed by atoms with Gasteiger partial charge in [-0.05, 0) is 24.1 Å². The van der Waals surface area contributed by atoms with Crippen molar-refractivity contribution in [1.29, 1.82) is 0 Å². The Bertz CT molecular complexity index is 767. The van der Waals surface area contributed by atoms with Crippen molar-refractivity contribution in [3.63, 3.8) is 0 Å². The quantitative estimate of drug-likeness (QED) is 0.827. The van der Waals surface area contributed by atoms with Crippen LogP contribution in [0.2, 0.25) is 0 Å². The number of anilines is 1.